The Bertz CT molecular complexity index is 1430. The Balaban J connectivity index is 1.45. The molecule has 0 unspecified atom stereocenters. The highest BCUT2D eigenvalue weighted by molar-refractivity contribution is 5.96. The Hall–Kier alpha value is -4.15. The Morgan fingerprint density at radius 3 is 2.68 bits per heavy atom. The first kappa shape index (κ1) is 31.3. The average molecular weight is 607 g/mol. The summed E-state index contributed by atoms with van der Waals surface area (Å²) in [6, 6.07) is 7.52. The van der Waals surface area contributed by atoms with Gasteiger partial charge in [-0.25, -0.2) is 9.59 Å². The number of para-hydroxylation sites is 1. The number of hydrogen-bond donors (Lipinski definition) is 2. The number of pyridine rings is 1. The minimum atomic E-state index is -1.17. The van der Waals surface area contributed by atoms with Crippen molar-refractivity contribution in [1.29, 1.82) is 0 Å². The number of esters is 1. The monoisotopic (exact) mass is 606 g/mol. The third-order valence-electron chi connectivity index (χ3n) is 8.38. The van der Waals surface area contributed by atoms with E-state index in [9.17, 15) is 19.2 Å². The minimum absolute atomic E-state index is 0.120. The van der Waals surface area contributed by atoms with E-state index in [1.54, 1.807) is 33.0 Å². The number of rotatable bonds is 4. The van der Waals surface area contributed by atoms with Crippen LogP contribution in [0.1, 0.15) is 65.7 Å². The molecule has 1 aromatic carbocycles. The van der Waals surface area contributed by atoms with Crippen LogP contribution in [0.15, 0.2) is 48.7 Å². The van der Waals surface area contributed by atoms with Gasteiger partial charge in [-0.1, -0.05) is 37.1 Å². The Labute approximate surface area is 257 Å². The molecule has 0 radical (unpaired) electrons. The number of nitrogens with one attached hydrogen (secondary N) is 2. The van der Waals surface area contributed by atoms with Gasteiger partial charge in [-0.05, 0) is 64.7 Å². The lowest BCUT2D eigenvalue weighted by Crippen LogP contribution is -2.56. The molecule has 3 aliphatic rings. The van der Waals surface area contributed by atoms with Gasteiger partial charge in [0.2, 0.25) is 11.8 Å². The Kier molecular flexibility index (Phi) is 9.12. The quantitative estimate of drug-likeness (QED) is 0.393. The number of benzene rings is 1. The summed E-state index contributed by atoms with van der Waals surface area (Å²) in [6.45, 7) is 5.39. The smallest absolute Gasteiger partial charge is 0.408 e. The second-order valence-corrected chi connectivity index (χ2v) is 12.8. The number of fused-ring (bicyclic) bond motifs is 3. The summed E-state index contributed by atoms with van der Waals surface area (Å²) in [5.74, 6) is -0.962. The minimum Gasteiger partial charge on any atom is -0.488 e. The highest BCUT2D eigenvalue weighted by Gasteiger charge is 2.62. The van der Waals surface area contributed by atoms with Crippen molar-refractivity contribution in [3.63, 3.8) is 0 Å². The lowest BCUT2D eigenvalue weighted by atomic mass is 10.0. The maximum atomic E-state index is 14.2. The van der Waals surface area contributed by atoms with Gasteiger partial charge in [0.25, 0.3) is 0 Å². The molecule has 2 aliphatic heterocycles. The van der Waals surface area contributed by atoms with Gasteiger partial charge in [-0.3, -0.25) is 14.6 Å². The zero-order valence-corrected chi connectivity index (χ0v) is 25.8. The van der Waals surface area contributed by atoms with Crippen molar-refractivity contribution in [3.05, 3.63) is 48.7 Å². The summed E-state index contributed by atoms with van der Waals surface area (Å²) >= 11 is 0. The number of allylic oxidation sites excluding steroid dienone is 1. The van der Waals surface area contributed by atoms with E-state index in [0.29, 0.717) is 25.0 Å². The van der Waals surface area contributed by atoms with Crippen molar-refractivity contribution in [2.24, 2.45) is 5.92 Å². The van der Waals surface area contributed by atoms with Crippen molar-refractivity contribution in [1.82, 2.24) is 20.5 Å². The van der Waals surface area contributed by atoms with Crippen molar-refractivity contribution in [3.8, 4) is 5.75 Å². The number of hydrogen-bond acceptors (Lipinski definition) is 8. The summed E-state index contributed by atoms with van der Waals surface area (Å²) in [4.78, 5) is 59.7. The number of carbonyl (C=O) groups is 4. The van der Waals surface area contributed by atoms with E-state index in [1.165, 1.54) is 12.0 Å². The predicted molar refractivity (Wildman–Crippen MR) is 163 cm³/mol. The number of alkyl carbamates (subject to hydrolysis) is 1. The maximum Gasteiger partial charge on any atom is 0.408 e. The molecule has 236 valence electrons. The van der Waals surface area contributed by atoms with E-state index in [1.807, 2.05) is 36.4 Å². The van der Waals surface area contributed by atoms with E-state index < -0.39 is 53.2 Å². The van der Waals surface area contributed by atoms with Crippen LogP contribution >= 0.6 is 0 Å². The van der Waals surface area contributed by atoms with E-state index in [4.69, 9.17) is 14.2 Å². The van der Waals surface area contributed by atoms with Gasteiger partial charge in [0.1, 0.15) is 35.1 Å². The van der Waals surface area contributed by atoms with Crippen LogP contribution < -0.4 is 15.4 Å². The summed E-state index contributed by atoms with van der Waals surface area (Å²) in [5.41, 5.74) is -1.16. The second-order valence-electron chi connectivity index (χ2n) is 12.8. The molecule has 5 atom stereocenters. The van der Waals surface area contributed by atoms with Gasteiger partial charge in [0.05, 0.1) is 19.2 Å². The Morgan fingerprint density at radius 1 is 1.11 bits per heavy atom. The molecule has 0 bridgehead atoms. The number of aromatic nitrogens is 1. The molecular formula is C33H42N4O7. The molecular weight excluding hydrogens is 564 g/mol. The molecule has 3 heterocycles. The molecule has 1 aliphatic carbocycles. The van der Waals surface area contributed by atoms with Crippen LogP contribution in [0.5, 0.6) is 5.75 Å². The first-order valence-electron chi connectivity index (χ1n) is 15.4. The largest absolute Gasteiger partial charge is 0.488 e. The third kappa shape index (κ3) is 6.97. The molecule has 2 N–H and O–H groups in total. The highest BCUT2D eigenvalue weighted by atomic mass is 16.6. The maximum absolute atomic E-state index is 14.2. The summed E-state index contributed by atoms with van der Waals surface area (Å²) in [5, 5.41) is 6.53. The molecule has 1 saturated heterocycles. The van der Waals surface area contributed by atoms with Gasteiger partial charge in [-0.15, -0.1) is 0 Å². The zero-order chi connectivity index (χ0) is 31.5. The van der Waals surface area contributed by atoms with Crippen molar-refractivity contribution >= 4 is 34.8 Å². The van der Waals surface area contributed by atoms with Crippen LogP contribution in [0.3, 0.4) is 0 Å². The van der Waals surface area contributed by atoms with E-state index in [2.05, 4.69) is 15.6 Å². The molecule has 3 amide bonds. The van der Waals surface area contributed by atoms with Crippen LogP contribution in [0.4, 0.5) is 4.79 Å². The summed E-state index contributed by atoms with van der Waals surface area (Å²) in [6.07, 6.45) is 8.70. The van der Waals surface area contributed by atoms with Crippen LogP contribution in [-0.2, 0) is 23.9 Å². The van der Waals surface area contributed by atoms with Crippen LogP contribution in [-0.4, -0.2) is 76.7 Å². The molecule has 11 heteroatoms. The lowest BCUT2D eigenvalue weighted by Gasteiger charge is -2.30. The summed E-state index contributed by atoms with van der Waals surface area (Å²) < 4.78 is 17.0. The van der Waals surface area contributed by atoms with Gasteiger partial charge >= 0.3 is 12.1 Å². The van der Waals surface area contributed by atoms with Gasteiger partial charge in [-0.2, -0.15) is 0 Å². The van der Waals surface area contributed by atoms with Crippen LogP contribution in [0.2, 0.25) is 0 Å². The Morgan fingerprint density at radius 2 is 1.91 bits per heavy atom. The molecule has 2 fully saturated rings. The van der Waals surface area contributed by atoms with Gasteiger partial charge < -0.3 is 29.7 Å². The third-order valence-corrected chi connectivity index (χ3v) is 8.38. The van der Waals surface area contributed by atoms with E-state index >= 15 is 0 Å². The van der Waals surface area contributed by atoms with Crippen LogP contribution in [0.25, 0.3) is 10.9 Å². The SMILES string of the molecule is COC(=O)[C@@]12C[C@H]1/C=C\CCCCC[C@H](NC(=O)OC(C)(C)C)C(=O)N1C[C@H](Oc3ccnc4ccccc34)C[C@H]1C(=O)N2. The zero-order valence-electron chi connectivity index (χ0n) is 25.8. The number of ether oxygens (including phenoxy) is 3. The van der Waals surface area contributed by atoms with E-state index in [-0.39, 0.29) is 18.9 Å². The fraction of sp³-hybridized carbons (Fsp3) is 0.545. The van der Waals surface area contributed by atoms with Crippen molar-refractivity contribution < 1.29 is 33.4 Å². The fourth-order valence-electron chi connectivity index (χ4n) is 6.12. The molecule has 1 aromatic heterocycles. The summed E-state index contributed by atoms with van der Waals surface area (Å²) in [7, 11) is 1.30. The number of amides is 3. The lowest BCUT2D eigenvalue weighted by molar-refractivity contribution is -0.148. The number of nitrogens with zero attached hydrogens (tertiary/aromatic N) is 2. The predicted octanol–water partition coefficient (Wildman–Crippen LogP) is 4.04. The molecule has 11 nitrogen and oxygen atoms in total. The van der Waals surface area contributed by atoms with Crippen molar-refractivity contribution in [2.45, 2.75) is 95.0 Å². The molecule has 1 saturated carbocycles. The number of carbonyl (C=O) groups excluding carboxylic acids is 4. The average Bonchev–Trinajstić information content (AvgIpc) is 3.50. The molecule has 44 heavy (non-hydrogen) atoms. The first-order valence-corrected chi connectivity index (χ1v) is 15.4. The first-order chi connectivity index (χ1) is 21.0. The molecule has 2 aromatic rings. The molecule has 5 rings (SSSR count). The van der Waals surface area contributed by atoms with Crippen LogP contribution in [0, 0.1) is 5.92 Å². The number of methoxy groups -OCH3 is 1. The van der Waals surface area contributed by atoms with Gasteiger partial charge in [0.15, 0.2) is 0 Å². The van der Waals surface area contributed by atoms with E-state index in [0.717, 1.165) is 30.2 Å². The topological polar surface area (TPSA) is 136 Å². The highest BCUT2D eigenvalue weighted by Crippen LogP contribution is 2.46. The standard InChI is InChI=1S/C33H42N4O7/c1-32(2,3)44-31(41)35-25-15-9-7-5-6-8-12-21-19-33(21,30(40)42-4)36-28(38)26-18-22(20-37(26)29(25)39)43-27-16-17-34-24-14-11-10-13-23(24)27/h8,10-14,16-17,21-22,25-26H,5-7,9,15,18-20H2,1-4H3,(H,35,41)(H,36,38)/b12-8-/t21-,22-,25+,26+,33-/m1/s1. The molecule has 0 spiro atoms. The fourth-order valence-corrected chi connectivity index (χ4v) is 6.12. The van der Waals surface area contributed by atoms with Gasteiger partial charge in [0, 0.05) is 23.9 Å². The normalized spacial score (nSPS) is 28.4. The van der Waals surface area contributed by atoms with Crippen molar-refractivity contribution in [2.75, 3.05) is 13.7 Å². The second kappa shape index (κ2) is 12.8.